The van der Waals surface area contributed by atoms with Crippen LogP contribution in [-0.2, 0) is 0 Å². The van der Waals surface area contributed by atoms with Gasteiger partial charge in [0.15, 0.2) is 11.5 Å². The molecule has 65 heavy (non-hydrogen) atoms. The van der Waals surface area contributed by atoms with Crippen molar-refractivity contribution in [1.29, 1.82) is 0 Å². The van der Waals surface area contributed by atoms with Gasteiger partial charge in [0.25, 0.3) is 0 Å². The average Bonchev–Trinajstić information content (AvgIpc) is 4.00. The van der Waals surface area contributed by atoms with Gasteiger partial charge in [-0.25, -0.2) is 4.98 Å². The highest BCUT2D eigenvalue weighted by Crippen LogP contribution is 2.54. The molecular formula is C59H44N4OS. The van der Waals surface area contributed by atoms with Crippen LogP contribution in [0.4, 0.5) is 17.1 Å². The molecule has 0 atom stereocenters. The Labute approximate surface area is 381 Å². The number of hydrogen-bond acceptors (Lipinski definition) is 4. The van der Waals surface area contributed by atoms with E-state index < -0.39 is 0 Å². The molecule has 12 aromatic rings. The maximum atomic E-state index is 7.03. The van der Waals surface area contributed by atoms with Gasteiger partial charge in [-0.2, -0.15) is 0 Å². The van der Waals surface area contributed by atoms with Crippen molar-refractivity contribution in [2.45, 2.75) is 39.5 Å². The molecule has 0 saturated heterocycles. The minimum atomic E-state index is 0.344. The third-order valence-corrected chi connectivity index (χ3v) is 14.6. The van der Waals surface area contributed by atoms with E-state index in [9.17, 15) is 0 Å². The van der Waals surface area contributed by atoms with Gasteiger partial charge in [-0.1, -0.05) is 113 Å². The molecule has 6 heteroatoms. The summed E-state index contributed by atoms with van der Waals surface area (Å²) in [5.41, 5.74) is 13.2. The van der Waals surface area contributed by atoms with Gasteiger partial charge in [-0.05, 0) is 120 Å². The third-order valence-electron chi connectivity index (χ3n) is 13.5. The molecular weight excluding hydrogens is 813 g/mol. The largest absolute Gasteiger partial charge is 0.451 e. The Balaban J connectivity index is 1.11. The van der Waals surface area contributed by atoms with E-state index in [-0.39, 0.29) is 0 Å². The molecule has 0 spiro atoms. The van der Waals surface area contributed by atoms with E-state index in [1.54, 1.807) is 0 Å². The van der Waals surface area contributed by atoms with Crippen molar-refractivity contribution in [1.82, 2.24) is 14.1 Å². The number of anilines is 3. The molecule has 0 aliphatic carbocycles. The molecule has 0 saturated carbocycles. The molecule has 0 N–H and O–H groups in total. The van der Waals surface area contributed by atoms with E-state index >= 15 is 0 Å². The van der Waals surface area contributed by atoms with Crippen LogP contribution in [0.5, 0.6) is 11.5 Å². The number of para-hydroxylation sites is 4. The van der Waals surface area contributed by atoms with Crippen molar-refractivity contribution in [3.63, 3.8) is 0 Å². The van der Waals surface area contributed by atoms with Crippen molar-refractivity contribution in [2.24, 2.45) is 0 Å². The first kappa shape index (κ1) is 37.8. The van der Waals surface area contributed by atoms with E-state index in [2.05, 4.69) is 224 Å². The fourth-order valence-corrected chi connectivity index (χ4v) is 11.3. The number of thiophene rings is 1. The molecule has 13 rings (SSSR count). The summed E-state index contributed by atoms with van der Waals surface area (Å²) >= 11 is 1.84. The molecule has 5 heterocycles. The van der Waals surface area contributed by atoms with Gasteiger partial charge in [-0.15, -0.1) is 11.3 Å². The topological polar surface area (TPSA) is 35.2 Å². The van der Waals surface area contributed by atoms with Crippen LogP contribution in [0.1, 0.15) is 50.7 Å². The van der Waals surface area contributed by atoms with Gasteiger partial charge in [0.2, 0.25) is 0 Å². The van der Waals surface area contributed by atoms with Gasteiger partial charge in [0.1, 0.15) is 5.82 Å². The number of ether oxygens (including phenoxy) is 1. The zero-order valence-corrected chi connectivity index (χ0v) is 37.4. The standard InChI is InChI=1S/C59H44N4OS/c1-35(2)37-24-28-47-43(32-37)42-27-30-50-57(58(42)63(47)56-23-12-17-46(60-56)39-26-31-55-44(34-39)41-16-8-11-22-54(41)65-55)45-33-38(36(3)4)25-29-48(45)62(50)52-20-13-19-51-59(52)64-53-21-10-9-18-49(53)61(51)40-14-6-5-7-15-40/h5-36H,1-4H3. The molecule has 8 aromatic carbocycles. The first-order chi connectivity index (χ1) is 31.9. The molecule has 0 unspecified atom stereocenters. The van der Waals surface area contributed by atoms with Crippen LogP contribution in [0, 0.1) is 0 Å². The molecule has 1 aliphatic rings. The first-order valence-electron chi connectivity index (χ1n) is 22.6. The fraction of sp³-hybridized carbons (Fsp3) is 0.102. The van der Waals surface area contributed by atoms with Crippen molar-refractivity contribution in [3.8, 4) is 34.3 Å². The number of nitrogens with zero attached hydrogens (tertiary/aromatic N) is 4. The predicted octanol–water partition coefficient (Wildman–Crippen LogP) is 17.1. The molecule has 0 bridgehead atoms. The second-order valence-corrected chi connectivity index (χ2v) is 19.0. The monoisotopic (exact) mass is 856 g/mol. The summed E-state index contributed by atoms with van der Waals surface area (Å²) in [6, 6.07) is 66.2. The maximum absolute atomic E-state index is 7.03. The lowest BCUT2D eigenvalue weighted by atomic mass is 9.99. The summed E-state index contributed by atoms with van der Waals surface area (Å²) in [6.07, 6.45) is 0. The Morgan fingerprint density at radius 3 is 1.98 bits per heavy atom. The second kappa shape index (κ2) is 14.4. The van der Waals surface area contributed by atoms with E-state index in [0.29, 0.717) is 11.8 Å². The van der Waals surface area contributed by atoms with E-state index in [1.807, 2.05) is 11.3 Å². The third kappa shape index (κ3) is 5.73. The quantitative estimate of drug-likeness (QED) is 0.167. The summed E-state index contributed by atoms with van der Waals surface area (Å²) in [4.78, 5) is 7.88. The van der Waals surface area contributed by atoms with Crippen LogP contribution in [0.2, 0.25) is 0 Å². The lowest BCUT2D eigenvalue weighted by Crippen LogP contribution is -2.16. The smallest absolute Gasteiger partial charge is 0.175 e. The normalized spacial score (nSPS) is 12.7. The molecule has 312 valence electrons. The summed E-state index contributed by atoms with van der Waals surface area (Å²) in [5, 5.41) is 7.38. The number of pyridine rings is 1. The summed E-state index contributed by atoms with van der Waals surface area (Å²) in [5.74, 6) is 3.25. The Hall–Kier alpha value is -7.67. The minimum Gasteiger partial charge on any atom is -0.451 e. The number of fused-ring (bicyclic) bond motifs is 12. The van der Waals surface area contributed by atoms with Gasteiger partial charge >= 0.3 is 0 Å². The Morgan fingerprint density at radius 2 is 1.15 bits per heavy atom. The summed E-state index contributed by atoms with van der Waals surface area (Å²) in [7, 11) is 0. The summed E-state index contributed by atoms with van der Waals surface area (Å²) in [6.45, 7) is 9.11. The van der Waals surface area contributed by atoms with Crippen molar-refractivity contribution >= 4 is 92.2 Å². The van der Waals surface area contributed by atoms with Crippen LogP contribution < -0.4 is 9.64 Å². The highest BCUT2D eigenvalue weighted by molar-refractivity contribution is 7.25. The van der Waals surface area contributed by atoms with Crippen LogP contribution in [0.3, 0.4) is 0 Å². The highest BCUT2D eigenvalue weighted by atomic mass is 32.1. The Kier molecular flexibility index (Phi) is 8.40. The maximum Gasteiger partial charge on any atom is 0.175 e. The molecule has 5 nitrogen and oxygen atoms in total. The highest BCUT2D eigenvalue weighted by Gasteiger charge is 2.30. The minimum absolute atomic E-state index is 0.344. The van der Waals surface area contributed by atoms with E-state index in [0.717, 1.165) is 73.4 Å². The van der Waals surface area contributed by atoms with Gasteiger partial charge in [-0.3, -0.25) is 4.57 Å². The Bertz CT molecular complexity index is 3890. The molecule has 0 amide bonds. The Morgan fingerprint density at radius 1 is 0.477 bits per heavy atom. The SMILES string of the molecule is CC(C)c1ccc2c(c1)c1c(ccc3c4cc(C(C)C)ccc4n(-c4cccc(-c5ccc6sc7ccccc7c6c5)n4)c31)n2-c1cccc2c1Oc1ccccc1N2c1ccccc1. The molecule has 1 aliphatic heterocycles. The van der Waals surface area contributed by atoms with Gasteiger partial charge in [0.05, 0.1) is 44.8 Å². The van der Waals surface area contributed by atoms with Gasteiger partial charge < -0.3 is 14.2 Å². The second-order valence-electron chi connectivity index (χ2n) is 17.9. The zero-order valence-electron chi connectivity index (χ0n) is 36.6. The predicted molar refractivity (Wildman–Crippen MR) is 274 cm³/mol. The fourth-order valence-electron chi connectivity index (χ4n) is 10.2. The van der Waals surface area contributed by atoms with Crippen molar-refractivity contribution in [2.75, 3.05) is 4.90 Å². The number of benzene rings is 8. The van der Waals surface area contributed by atoms with Crippen molar-refractivity contribution < 1.29 is 4.74 Å². The summed E-state index contributed by atoms with van der Waals surface area (Å²) < 4.78 is 14.5. The van der Waals surface area contributed by atoms with Gasteiger partial charge in [0, 0.05) is 53.0 Å². The number of hydrogen-bond donors (Lipinski definition) is 0. The lowest BCUT2D eigenvalue weighted by molar-refractivity contribution is 0.475. The van der Waals surface area contributed by atoms with Crippen LogP contribution >= 0.6 is 11.3 Å². The number of aromatic nitrogens is 3. The molecule has 4 aromatic heterocycles. The molecule has 0 radical (unpaired) electrons. The van der Waals surface area contributed by atoms with Crippen molar-refractivity contribution in [3.05, 3.63) is 193 Å². The zero-order chi connectivity index (χ0) is 43.5. The molecule has 0 fully saturated rings. The van der Waals surface area contributed by atoms with Crippen LogP contribution in [0.15, 0.2) is 182 Å². The number of rotatable bonds is 6. The first-order valence-corrected chi connectivity index (χ1v) is 23.4. The van der Waals surface area contributed by atoms with E-state index in [1.165, 1.54) is 52.8 Å². The van der Waals surface area contributed by atoms with Crippen LogP contribution in [-0.4, -0.2) is 14.1 Å². The lowest BCUT2D eigenvalue weighted by Gasteiger charge is -2.34. The van der Waals surface area contributed by atoms with E-state index in [4.69, 9.17) is 9.72 Å². The van der Waals surface area contributed by atoms with Crippen LogP contribution in [0.25, 0.3) is 86.5 Å². The average molecular weight is 857 g/mol.